The first-order chi connectivity index (χ1) is 9.60. The molecule has 5 nitrogen and oxygen atoms in total. The number of nitrogens with two attached hydrogens (primary N) is 1. The summed E-state index contributed by atoms with van der Waals surface area (Å²) in [4.78, 5) is 25.3. The number of carbonyl (C=O) groups excluding carboxylic acids is 2. The topological polar surface area (TPSA) is 72.6 Å². The van der Waals surface area contributed by atoms with Crippen molar-refractivity contribution in [2.75, 3.05) is 26.3 Å². The number of amides is 2. The SMILES string of the molecule is NC(=O)c1ccc(C(=O)N2CCC3(CCOC3)C2)cc1. The molecule has 2 aliphatic rings. The molecule has 2 amide bonds. The van der Waals surface area contributed by atoms with Gasteiger partial charge in [0.1, 0.15) is 0 Å². The fraction of sp³-hybridized carbons (Fsp3) is 0.467. The molecule has 0 aliphatic carbocycles. The van der Waals surface area contributed by atoms with Crippen molar-refractivity contribution < 1.29 is 14.3 Å². The predicted molar refractivity (Wildman–Crippen MR) is 73.3 cm³/mol. The van der Waals surface area contributed by atoms with Crippen molar-refractivity contribution >= 4 is 11.8 Å². The molecule has 2 N–H and O–H groups in total. The highest BCUT2D eigenvalue weighted by Crippen LogP contribution is 2.38. The molecular formula is C15H18N2O3. The van der Waals surface area contributed by atoms with Crippen molar-refractivity contribution in [1.82, 2.24) is 4.90 Å². The highest BCUT2D eigenvalue weighted by Gasteiger charge is 2.42. The summed E-state index contributed by atoms with van der Waals surface area (Å²) in [7, 11) is 0. The number of primary amides is 1. The maximum absolute atomic E-state index is 12.4. The molecule has 1 aromatic rings. The van der Waals surface area contributed by atoms with E-state index < -0.39 is 5.91 Å². The summed E-state index contributed by atoms with van der Waals surface area (Å²) in [5.74, 6) is -0.461. The number of hydrogen-bond donors (Lipinski definition) is 1. The third kappa shape index (κ3) is 2.29. The van der Waals surface area contributed by atoms with Gasteiger partial charge in [-0.05, 0) is 37.1 Å². The minimum absolute atomic E-state index is 0.0183. The van der Waals surface area contributed by atoms with Gasteiger partial charge in [0.05, 0.1) is 6.61 Å². The molecule has 0 saturated carbocycles. The van der Waals surface area contributed by atoms with E-state index in [4.69, 9.17) is 10.5 Å². The van der Waals surface area contributed by atoms with Crippen LogP contribution in [0.2, 0.25) is 0 Å². The van der Waals surface area contributed by atoms with Gasteiger partial charge >= 0.3 is 0 Å². The van der Waals surface area contributed by atoms with Gasteiger partial charge in [-0.15, -0.1) is 0 Å². The van der Waals surface area contributed by atoms with Crippen molar-refractivity contribution in [2.45, 2.75) is 12.8 Å². The molecule has 106 valence electrons. The molecule has 3 rings (SSSR count). The lowest BCUT2D eigenvalue weighted by Crippen LogP contribution is -2.32. The Labute approximate surface area is 117 Å². The number of ether oxygens (including phenoxy) is 1. The van der Waals surface area contributed by atoms with E-state index in [1.54, 1.807) is 24.3 Å². The zero-order valence-corrected chi connectivity index (χ0v) is 11.3. The van der Waals surface area contributed by atoms with E-state index in [1.165, 1.54) is 0 Å². The Hall–Kier alpha value is -1.88. The molecule has 1 unspecified atom stereocenters. The second kappa shape index (κ2) is 4.90. The van der Waals surface area contributed by atoms with Crippen molar-refractivity contribution in [3.8, 4) is 0 Å². The first-order valence-corrected chi connectivity index (χ1v) is 6.87. The van der Waals surface area contributed by atoms with Crippen molar-refractivity contribution in [3.63, 3.8) is 0 Å². The quantitative estimate of drug-likeness (QED) is 0.875. The van der Waals surface area contributed by atoms with Crippen LogP contribution < -0.4 is 5.73 Å². The van der Waals surface area contributed by atoms with Gasteiger partial charge in [0.25, 0.3) is 5.91 Å². The summed E-state index contributed by atoms with van der Waals surface area (Å²) in [6.07, 6.45) is 2.05. The van der Waals surface area contributed by atoms with Gasteiger partial charge in [-0.25, -0.2) is 0 Å². The van der Waals surface area contributed by atoms with E-state index in [-0.39, 0.29) is 11.3 Å². The van der Waals surface area contributed by atoms with Gasteiger partial charge in [-0.1, -0.05) is 0 Å². The first kappa shape index (κ1) is 13.1. The van der Waals surface area contributed by atoms with Gasteiger partial charge in [-0.3, -0.25) is 9.59 Å². The van der Waals surface area contributed by atoms with Crippen LogP contribution in [-0.2, 0) is 4.74 Å². The molecule has 1 aromatic carbocycles. The molecule has 2 heterocycles. The second-order valence-corrected chi connectivity index (χ2v) is 5.72. The number of hydrogen-bond acceptors (Lipinski definition) is 3. The minimum atomic E-state index is -0.479. The number of benzene rings is 1. The van der Waals surface area contributed by atoms with Crippen LogP contribution in [0.3, 0.4) is 0 Å². The lowest BCUT2D eigenvalue weighted by molar-refractivity contribution is 0.0765. The molecule has 0 radical (unpaired) electrons. The maximum atomic E-state index is 12.4. The Morgan fingerprint density at radius 2 is 1.85 bits per heavy atom. The third-order valence-electron chi connectivity index (χ3n) is 4.33. The van der Waals surface area contributed by atoms with Crippen molar-refractivity contribution in [1.29, 1.82) is 0 Å². The summed E-state index contributed by atoms with van der Waals surface area (Å²) >= 11 is 0. The van der Waals surface area contributed by atoms with Crippen molar-refractivity contribution in [2.24, 2.45) is 11.1 Å². The molecule has 1 spiro atoms. The summed E-state index contributed by atoms with van der Waals surface area (Å²) in [5.41, 5.74) is 6.38. The molecule has 0 aromatic heterocycles. The lowest BCUT2D eigenvalue weighted by Gasteiger charge is -2.22. The number of carbonyl (C=O) groups is 2. The fourth-order valence-corrected chi connectivity index (χ4v) is 3.04. The zero-order valence-electron chi connectivity index (χ0n) is 11.3. The van der Waals surface area contributed by atoms with Crippen LogP contribution in [0.5, 0.6) is 0 Å². The van der Waals surface area contributed by atoms with Crippen LogP contribution in [0.25, 0.3) is 0 Å². The third-order valence-corrected chi connectivity index (χ3v) is 4.33. The van der Waals surface area contributed by atoms with Crippen LogP contribution in [0.4, 0.5) is 0 Å². The monoisotopic (exact) mass is 274 g/mol. The summed E-state index contributed by atoms with van der Waals surface area (Å²) < 4.78 is 5.47. The average molecular weight is 274 g/mol. The molecule has 2 saturated heterocycles. The number of likely N-dealkylation sites (tertiary alicyclic amines) is 1. The average Bonchev–Trinajstić information content (AvgIpc) is 3.09. The van der Waals surface area contributed by atoms with Crippen LogP contribution in [0.1, 0.15) is 33.6 Å². The normalized spacial score (nSPS) is 25.3. The standard InChI is InChI=1S/C15H18N2O3/c16-13(18)11-1-3-12(4-2-11)14(19)17-7-5-15(9-17)6-8-20-10-15/h1-4H,5-10H2,(H2,16,18). The Balaban J connectivity index is 1.71. The van der Waals surface area contributed by atoms with Crippen LogP contribution in [-0.4, -0.2) is 43.0 Å². The van der Waals surface area contributed by atoms with Gasteiger partial charge in [-0.2, -0.15) is 0 Å². The molecule has 2 aliphatic heterocycles. The van der Waals surface area contributed by atoms with E-state index in [1.807, 2.05) is 4.90 Å². The van der Waals surface area contributed by atoms with Gasteiger partial charge in [0, 0.05) is 36.2 Å². The molecule has 1 atom stereocenters. The Morgan fingerprint density at radius 1 is 1.15 bits per heavy atom. The maximum Gasteiger partial charge on any atom is 0.253 e. The fourth-order valence-electron chi connectivity index (χ4n) is 3.04. The van der Waals surface area contributed by atoms with Gasteiger partial charge in [0.15, 0.2) is 0 Å². The first-order valence-electron chi connectivity index (χ1n) is 6.87. The van der Waals surface area contributed by atoms with E-state index in [0.29, 0.717) is 11.1 Å². The molecular weight excluding hydrogens is 256 g/mol. The van der Waals surface area contributed by atoms with Crippen LogP contribution >= 0.6 is 0 Å². The molecule has 5 heteroatoms. The highest BCUT2D eigenvalue weighted by molar-refractivity contribution is 5.97. The van der Waals surface area contributed by atoms with Gasteiger partial charge < -0.3 is 15.4 Å². The molecule has 20 heavy (non-hydrogen) atoms. The second-order valence-electron chi connectivity index (χ2n) is 5.72. The van der Waals surface area contributed by atoms with E-state index in [9.17, 15) is 9.59 Å². The number of rotatable bonds is 2. The summed E-state index contributed by atoms with van der Waals surface area (Å²) in [5, 5.41) is 0. The summed E-state index contributed by atoms with van der Waals surface area (Å²) in [6.45, 7) is 3.11. The van der Waals surface area contributed by atoms with E-state index in [0.717, 1.165) is 39.1 Å². The number of nitrogens with zero attached hydrogens (tertiary/aromatic N) is 1. The Morgan fingerprint density at radius 3 is 2.45 bits per heavy atom. The Kier molecular flexibility index (Phi) is 3.22. The smallest absolute Gasteiger partial charge is 0.253 e. The van der Waals surface area contributed by atoms with E-state index >= 15 is 0 Å². The van der Waals surface area contributed by atoms with Crippen LogP contribution in [0, 0.1) is 5.41 Å². The van der Waals surface area contributed by atoms with E-state index in [2.05, 4.69) is 0 Å². The summed E-state index contributed by atoms with van der Waals surface area (Å²) in [6, 6.07) is 6.53. The largest absolute Gasteiger partial charge is 0.381 e. The molecule has 0 bridgehead atoms. The predicted octanol–water partition coefficient (Wildman–Crippen LogP) is 1.04. The Bertz CT molecular complexity index is 533. The van der Waals surface area contributed by atoms with Gasteiger partial charge in [0.2, 0.25) is 5.91 Å². The van der Waals surface area contributed by atoms with Crippen LogP contribution in [0.15, 0.2) is 24.3 Å². The molecule has 2 fully saturated rings. The lowest BCUT2D eigenvalue weighted by atomic mass is 9.87. The highest BCUT2D eigenvalue weighted by atomic mass is 16.5. The zero-order chi connectivity index (χ0) is 14.2. The minimum Gasteiger partial charge on any atom is -0.381 e. The van der Waals surface area contributed by atoms with Crippen molar-refractivity contribution in [3.05, 3.63) is 35.4 Å².